The van der Waals surface area contributed by atoms with Gasteiger partial charge in [0.15, 0.2) is 0 Å². The molecule has 1 aliphatic heterocycles. The van der Waals surface area contributed by atoms with Crippen molar-refractivity contribution in [1.82, 2.24) is 9.97 Å². The maximum atomic E-state index is 9.52. The Morgan fingerprint density at radius 2 is 2.25 bits per heavy atom. The predicted molar refractivity (Wildman–Crippen MR) is 61.4 cm³/mol. The third kappa shape index (κ3) is 1.41. The summed E-state index contributed by atoms with van der Waals surface area (Å²) in [5, 5.41) is 9.52. The zero-order valence-corrected chi connectivity index (χ0v) is 9.30. The molecule has 0 spiro atoms. The van der Waals surface area contributed by atoms with Crippen LogP contribution in [0.15, 0.2) is 18.5 Å². The van der Waals surface area contributed by atoms with Crippen molar-refractivity contribution < 1.29 is 5.11 Å². The third-order valence-corrected chi connectivity index (χ3v) is 3.45. The van der Waals surface area contributed by atoms with Crippen LogP contribution in [-0.4, -0.2) is 33.8 Å². The maximum Gasteiger partial charge on any atom is 0.135 e. The standard InChI is InChI=1S/C12H15N3O/c1-8-11-4-5-15(12(11)14-7-13-8)9-2-3-10(16)6-9/h2-3,7,9-10,16H,4-6H2,1H3/t9-,10+/m0/s1. The van der Waals surface area contributed by atoms with Gasteiger partial charge >= 0.3 is 0 Å². The molecule has 0 radical (unpaired) electrons. The molecule has 2 aliphatic rings. The molecule has 0 bridgehead atoms. The average Bonchev–Trinajstić information content (AvgIpc) is 2.84. The number of hydrogen-bond acceptors (Lipinski definition) is 4. The third-order valence-electron chi connectivity index (χ3n) is 3.45. The van der Waals surface area contributed by atoms with Gasteiger partial charge in [-0.25, -0.2) is 9.97 Å². The molecule has 0 saturated carbocycles. The maximum absolute atomic E-state index is 9.52. The molecule has 16 heavy (non-hydrogen) atoms. The zero-order chi connectivity index (χ0) is 11.1. The first-order valence-electron chi connectivity index (χ1n) is 5.69. The van der Waals surface area contributed by atoms with E-state index in [1.165, 1.54) is 5.56 Å². The molecule has 0 amide bonds. The van der Waals surface area contributed by atoms with Crippen LogP contribution in [0.1, 0.15) is 17.7 Å². The molecule has 1 N–H and O–H groups in total. The first kappa shape index (κ1) is 9.78. The summed E-state index contributed by atoms with van der Waals surface area (Å²) < 4.78 is 0. The summed E-state index contributed by atoms with van der Waals surface area (Å²) >= 11 is 0. The van der Waals surface area contributed by atoms with E-state index in [2.05, 4.69) is 20.9 Å². The Balaban J connectivity index is 1.92. The van der Waals surface area contributed by atoms with E-state index in [9.17, 15) is 5.11 Å². The van der Waals surface area contributed by atoms with Crippen molar-refractivity contribution in [3.05, 3.63) is 29.7 Å². The quantitative estimate of drug-likeness (QED) is 0.708. The van der Waals surface area contributed by atoms with Gasteiger partial charge < -0.3 is 10.0 Å². The molecular weight excluding hydrogens is 202 g/mol. The molecule has 1 aliphatic carbocycles. The Kier molecular flexibility index (Phi) is 2.17. The molecule has 4 heteroatoms. The lowest BCUT2D eigenvalue weighted by atomic mass is 10.2. The molecular formula is C12H15N3O. The van der Waals surface area contributed by atoms with Gasteiger partial charge in [0.2, 0.25) is 0 Å². The molecule has 4 nitrogen and oxygen atoms in total. The number of anilines is 1. The highest BCUT2D eigenvalue weighted by Gasteiger charge is 2.30. The fourth-order valence-electron chi connectivity index (χ4n) is 2.58. The molecule has 0 saturated heterocycles. The summed E-state index contributed by atoms with van der Waals surface area (Å²) in [5.74, 6) is 1.05. The summed E-state index contributed by atoms with van der Waals surface area (Å²) in [5.41, 5.74) is 2.34. The Hall–Kier alpha value is -1.42. The van der Waals surface area contributed by atoms with Crippen molar-refractivity contribution in [3.63, 3.8) is 0 Å². The Labute approximate surface area is 94.6 Å². The summed E-state index contributed by atoms with van der Waals surface area (Å²) in [6.07, 6.45) is 7.08. The van der Waals surface area contributed by atoms with Crippen LogP contribution >= 0.6 is 0 Å². The minimum Gasteiger partial charge on any atom is -0.389 e. The van der Waals surface area contributed by atoms with Crippen LogP contribution < -0.4 is 4.90 Å². The van der Waals surface area contributed by atoms with E-state index in [1.807, 2.05) is 13.0 Å². The van der Waals surface area contributed by atoms with Crippen molar-refractivity contribution in [2.75, 3.05) is 11.4 Å². The fraction of sp³-hybridized carbons (Fsp3) is 0.500. The van der Waals surface area contributed by atoms with E-state index in [4.69, 9.17) is 0 Å². The molecule has 2 atom stereocenters. The van der Waals surface area contributed by atoms with Crippen molar-refractivity contribution >= 4 is 5.82 Å². The summed E-state index contributed by atoms with van der Waals surface area (Å²) in [6.45, 7) is 3.01. The topological polar surface area (TPSA) is 49.2 Å². The number of aryl methyl sites for hydroxylation is 1. The van der Waals surface area contributed by atoms with Crippen molar-refractivity contribution in [2.45, 2.75) is 31.9 Å². The first-order valence-corrected chi connectivity index (χ1v) is 5.69. The van der Waals surface area contributed by atoms with Crippen LogP contribution in [0.2, 0.25) is 0 Å². The average molecular weight is 217 g/mol. The molecule has 2 heterocycles. The van der Waals surface area contributed by atoms with E-state index in [-0.39, 0.29) is 6.10 Å². The van der Waals surface area contributed by atoms with Crippen LogP contribution in [-0.2, 0) is 6.42 Å². The highest BCUT2D eigenvalue weighted by molar-refractivity contribution is 5.55. The fourth-order valence-corrected chi connectivity index (χ4v) is 2.58. The van der Waals surface area contributed by atoms with Crippen molar-refractivity contribution in [1.29, 1.82) is 0 Å². The minimum atomic E-state index is -0.294. The largest absolute Gasteiger partial charge is 0.389 e. The SMILES string of the molecule is Cc1ncnc2c1CCN2[C@H]1C=C[C@@H](O)C1. The molecule has 1 aromatic rings. The summed E-state index contributed by atoms with van der Waals surface area (Å²) in [7, 11) is 0. The summed E-state index contributed by atoms with van der Waals surface area (Å²) in [4.78, 5) is 10.9. The predicted octanol–water partition coefficient (Wildman–Crippen LogP) is 0.837. The number of hydrogen-bond donors (Lipinski definition) is 1. The second-order valence-electron chi connectivity index (χ2n) is 4.46. The zero-order valence-electron chi connectivity index (χ0n) is 9.30. The van der Waals surface area contributed by atoms with E-state index >= 15 is 0 Å². The molecule has 0 unspecified atom stereocenters. The van der Waals surface area contributed by atoms with E-state index in [0.717, 1.165) is 30.9 Å². The van der Waals surface area contributed by atoms with Crippen LogP contribution in [0.3, 0.4) is 0 Å². The number of fused-ring (bicyclic) bond motifs is 1. The van der Waals surface area contributed by atoms with Gasteiger partial charge in [0.25, 0.3) is 0 Å². The second kappa shape index (κ2) is 3.56. The Morgan fingerprint density at radius 1 is 1.38 bits per heavy atom. The van der Waals surface area contributed by atoms with Gasteiger partial charge in [-0.15, -0.1) is 0 Å². The second-order valence-corrected chi connectivity index (χ2v) is 4.46. The van der Waals surface area contributed by atoms with Gasteiger partial charge in [0.1, 0.15) is 12.1 Å². The molecule has 0 aromatic carbocycles. The van der Waals surface area contributed by atoms with Crippen molar-refractivity contribution in [3.8, 4) is 0 Å². The Morgan fingerprint density at radius 3 is 3.00 bits per heavy atom. The number of nitrogens with zero attached hydrogens (tertiary/aromatic N) is 3. The number of rotatable bonds is 1. The van der Waals surface area contributed by atoms with Crippen LogP contribution in [0.4, 0.5) is 5.82 Å². The van der Waals surface area contributed by atoms with Gasteiger partial charge in [0, 0.05) is 24.2 Å². The van der Waals surface area contributed by atoms with Gasteiger partial charge in [-0.2, -0.15) is 0 Å². The lowest BCUT2D eigenvalue weighted by Gasteiger charge is -2.24. The summed E-state index contributed by atoms with van der Waals surface area (Å²) in [6, 6.07) is 0.297. The molecule has 84 valence electrons. The molecule has 3 rings (SSSR count). The van der Waals surface area contributed by atoms with Gasteiger partial charge in [-0.1, -0.05) is 12.2 Å². The Bertz CT molecular complexity index is 444. The lowest BCUT2D eigenvalue weighted by molar-refractivity contribution is 0.217. The number of aliphatic hydroxyl groups excluding tert-OH is 1. The van der Waals surface area contributed by atoms with E-state index < -0.39 is 0 Å². The van der Waals surface area contributed by atoms with Crippen LogP contribution in [0, 0.1) is 6.92 Å². The normalized spacial score (nSPS) is 27.5. The number of aliphatic hydroxyl groups is 1. The van der Waals surface area contributed by atoms with Gasteiger partial charge in [-0.3, -0.25) is 0 Å². The van der Waals surface area contributed by atoms with Gasteiger partial charge in [-0.05, 0) is 13.3 Å². The van der Waals surface area contributed by atoms with Crippen LogP contribution in [0.25, 0.3) is 0 Å². The van der Waals surface area contributed by atoms with Gasteiger partial charge in [0.05, 0.1) is 12.1 Å². The number of aromatic nitrogens is 2. The highest BCUT2D eigenvalue weighted by atomic mass is 16.3. The van der Waals surface area contributed by atoms with Crippen LogP contribution in [0.5, 0.6) is 0 Å². The smallest absolute Gasteiger partial charge is 0.135 e. The molecule has 1 aromatic heterocycles. The minimum absolute atomic E-state index is 0.294. The lowest BCUT2D eigenvalue weighted by Crippen LogP contribution is -2.32. The monoisotopic (exact) mass is 217 g/mol. The molecule has 0 fully saturated rings. The van der Waals surface area contributed by atoms with E-state index in [0.29, 0.717) is 6.04 Å². The van der Waals surface area contributed by atoms with Crippen molar-refractivity contribution in [2.24, 2.45) is 0 Å². The van der Waals surface area contributed by atoms with E-state index in [1.54, 1.807) is 6.33 Å². The first-order chi connectivity index (χ1) is 7.75. The highest BCUT2D eigenvalue weighted by Crippen LogP contribution is 2.31.